The zero-order valence-corrected chi connectivity index (χ0v) is 16.4. The van der Waals surface area contributed by atoms with Crippen molar-refractivity contribution in [1.82, 2.24) is 10.1 Å². The molecule has 2 aliphatic rings. The van der Waals surface area contributed by atoms with Gasteiger partial charge in [0.2, 0.25) is 0 Å². The topological polar surface area (TPSA) is 72.6 Å². The fourth-order valence-corrected chi connectivity index (χ4v) is 4.56. The van der Waals surface area contributed by atoms with Crippen molar-refractivity contribution in [3.8, 4) is 5.75 Å². The van der Waals surface area contributed by atoms with Gasteiger partial charge in [0, 0.05) is 13.0 Å². The molecule has 0 bridgehead atoms. The molecule has 1 unspecified atom stereocenters. The molecule has 2 heterocycles. The molecular weight excluding hydrogens is 368 g/mol. The van der Waals surface area contributed by atoms with E-state index in [1.165, 1.54) is 25.9 Å². The highest BCUT2D eigenvalue weighted by molar-refractivity contribution is 6.11. The van der Waals surface area contributed by atoms with Crippen LogP contribution in [-0.4, -0.2) is 47.9 Å². The predicted molar refractivity (Wildman–Crippen MR) is 109 cm³/mol. The number of fused-ring (bicyclic) bond motifs is 3. The Labute approximate surface area is 168 Å². The molecule has 1 aliphatic heterocycles. The molecule has 6 nitrogen and oxygen atoms in total. The second-order valence-corrected chi connectivity index (χ2v) is 8.06. The molecule has 0 spiro atoms. The second-order valence-electron chi connectivity index (χ2n) is 8.06. The van der Waals surface area contributed by atoms with Crippen LogP contribution in [0.2, 0.25) is 0 Å². The Hall–Kier alpha value is -2.73. The molecule has 1 aliphatic carbocycles. The molecule has 1 aromatic heterocycles. The molecule has 3 aromatic rings. The van der Waals surface area contributed by atoms with E-state index >= 15 is 0 Å². The van der Waals surface area contributed by atoms with Crippen molar-refractivity contribution in [3.05, 3.63) is 36.0 Å². The highest BCUT2D eigenvalue weighted by atomic mass is 16.5. The van der Waals surface area contributed by atoms with Gasteiger partial charge in [0.25, 0.3) is 0 Å². The maximum atomic E-state index is 12.4. The van der Waals surface area contributed by atoms with E-state index in [0.717, 1.165) is 28.5 Å². The average Bonchev–Trinajstić information content (AvgIpc) is 3.38. The third kappa shape index (κ3) is 3.53. The summed E-state index contributed by atoms with van der Waals surface area (Å²) in [6.07, 6.45) is 3.49. The van der Waals surface area contributed by atoms with Crippen molar-refractivity contribution >= 4 is 33.3 Å². The number of benzene rings is 2. The quantitative estimate of drug-likeness (QED) is 0.614. The van der Waals surface area contributed by atoms with Crippen LogP contribution in [0.1, 0.15) is 43.7 Å². The maximum absolute atomic E-state index is 12.4. The number of ketones is 2. The summed E-state index contributed by atoms with van der Waals surface area (Å²) >= 11 is 0. The fraction of sp³-hybridized carbons (Fsp3) is 0.435. The summed E-state index contributed by atoms with van der Waals surface area (Å²) in [7, 11) is 0. The zero-order chi connectivity index (χ0) is 19.8. The Kier molecular flexibility index (Phi) is 4.79. The van der Waals surface area contributed by atoms with Gasteiger partial charge in [-0.1, -0.05) is 11.2 Å². The molecule has 29 heavy (non-hydrogen) atoms. The van der Waals surface area contributed by atoms with Crippen molar-refractivity contribution < 1.29 is 18.8 Å². The van der Waals surface area contributed by atoms with Crippen molar-refractivity contribution in [2.24, 2.45) is 0 Å². The Morgan fingerprint density at radius 2 is 2.00 bits per heavy atom. The highest BCUT2D eigenvalue weighted by Gasteiger charge is 2.32. The van der Waals surface area contributed by atoms with E-state index in [4.69, 9.17) is 9.26 Å². The lowest BCUT2D eigenvalue weighted by atomic mass is 9.83. The van der Waals surface area contributed by atoms with E-state index in [9.17, 15) is 9.59 Å². The van der Waals surface area contributed by atoms with Gasteiger partial charge >= 0.3 is 0 Å². The van der Waals surface area contributed by atoms with Gasteiger partial charge in [-0.25, -0.2) is 0 Å². The van der Waals surface area contributed by atoms with Gasteiger partial charge < -0.3 is 9.26 Å². The smallest absolute Gasteiger partial charge is 0.167 e. The van der Waals surface area contributed by atoms with Gasteiger partial charge in [-0.05, 0) is 67.4 Å². The van der Waals surface area contributed by atoms with Crippen LogP contribution >= 0.6 is 0 Å². The number of hydrogen-bond acceptors (Lipinski definition) is 6. The Balaban J connectivity index is 1.42. The maximum Gasteiger partial charge on any atom is 0.167 e. The molecule has 0 radical (unpaired) electrons. The van der Waals surface area contributed by atoms with Gasteiger partial charge in [-0.2, -0.15) is 0 Å². The predicted octanol–water partition coefficient (Wildman–Crippen LogP) is 3.86. The molecule has 150 valence electrons. The standard InChI is InChI=1S/C23H24N2O4/c26-16-4-6-19(20(27)14-16)23-22-18-7-5-17(28-12-11-25-9-1-2-10-25)13-15(18)3-8-21(22)29-24-23/h3,5,7-8,13,19H,1-2,4,6,9-12,14H2. The van der Waals surface area contributed by atoms with Crippen LogP contribution in [0.25, 0.3) is 21.7 Å². The summed E-state index contributed by atoms with van der Waals surface area (Å²) in [6.45, 7) is 3.97. The Morgan fingerprint density at radius 3 is 2.83 bits per heavy atom. The molecular formula is C23H24N2O4. The first-order valence-electron chi connectivity index (χ1n) is 10.4. The van der Waals surface area contributed by atoms with Crippen molar-refractivity contribution in [2.75, 3.05) is 26.2 Å². The second kappa shape index (κ2) is 7.59. The van der Waals surface area contributed by atoms with Crippen LogP contribution in [0.5, 0.6) is 5.75 Å². The van der Waals surface area contributed by atoms with Crippen molar-refractivity contribution in [3.63, 3.8) is 0 Å². The van der Waals surface area contributed by atoms with Crippen LogP contribution in [0.3, 0.4) is 0 Å². The first kappa shape index (κ1) is 18.3. The number of aromatic nitrogens is 1. The van der Waals surface area contributed by atoms with Crippen molar-refractivity contribution in [2.45, 2.75) is 38.0 Å². The lowest BCUT2D eigenvalue weighted by Crippen LogP contribution is -2.25. The normalized spacial score (nSPS) is 20.8. The lowest BCUT2D eigenvalue weighted by Gasteiger charge is -2.18. The SMILES string of the molecule is O=C1CCC(c2noc3ccc4cc(OCCN5CCCC5)ccc4c23)C(=O)C1. The van der Waals surface area contributed by atoms with Gasteiger partial charge in [0.05, 0.1) is 17.7 Å². The molecule has 2 aromatic carbocycles. The minimum atomic E-state index is -0.365. The van der Waals surface area contributed by atoms with E-state index < -0.39 is 0 Å². The van der Waals surface area contributed by atoms with Crippen LogP contribution in [0.15, 0.2) is 34.9 Å². The number of Topliss-reactive ketones (excluding diaryl/α,β-unsaturated/α-hetero) is 2. The van der Waals surface area contributed by atoms with Crippen molar-refractivity contribution in [1.29, 1.82) is 0 Å². The molecule has 6 heteroatoms. The van der Waals surface area contributed by atoms with Crippen LogP contribution in [0, 0.1) is 0 Å². The van der Waals surface area contributed by atoms with Crippen LogP contribution in [-0.2, 0) is 9.59 Å². The number of carbonyl (C=O) groups excluding carboxylic acids is 2. The number of ether oxygens (including phenoxy) is 1. The van der Waals surface area contributed by atoms with E-state index in [2.05, 4.69) is 10.1 Å². The molecule has 2 fully saturated rings. The molecule has 1 saturated carbocycles. The third-order valence-corrected chi connectivity index (χ3v) is 6.13. The van der Waals surface area contributed by atoms with E-state index in [0.29, 0.717) is 30.7 Å². The summed E-state index contributed by atoms with van der Waals surface area (Å²) in [6, 6.07) is 9.89. The number of hydrogen-bond donors (Lipinski definition) is 0. The average molecular weight is 392 g/mol. The molecule has 0 N–H and O–H groups in total. The first-order chi connectivity index (χ1) is 14.2. The Bertz CT molecular complexity index is 1080. The monoisotopic (exact) mass is 392 g/mol. The summed E-state index contributed by atoms with van der Waals surface area (Å²) in [5.41, 5.74) is 1.32. The zero-order valence-electron chi connectivity index (χ0n) is 16.4. The number of likely N-dealkylation sites (tertiary alicyclic amines) is 1. The van der Waals surface area contributed by atoms with Gasteiger partial charge in [0.1, 0.15) is 29.6 Å². The summed E-state index contributed by atoms with van der Waals surface area (Å²) in [5, 5.41) is 7.11. The number of nitrogens with zero attached hydrogens (tertiary/aromatic N) is 2. The minimum absolute atomic E-state index is 0.00120. The van der Waals surface area contributed by atoms with E-state index in [1.807, 2.05) is 30.3 Å². The van der Waals surface area contributed by atoms with Gasteiger partial charge in [-0.3, -0.25) is 14.5 Å². The lowest BCUT2D eigenvalue weighted by molar-refractivity contribution is -0.130. The Morgan fingerprint density at radius 1 is 1.14 bits per heavy atom. The molecule has 1 atom stereocenters. The minimum Gasteiger partial charge on any atom is -0.492 e. The van der Waals surface area contributed by atoms with E-state index in [-0.39, 0.29) is 23.9 Å². The summed E-state index contributed by atoms with van der Waals surface area (Å²) < 4.78 is 11.5. The largest absolute Gasteiger partial charge is 0.492 e. The van der Waals surface area contributed by atoms with Crippen LogP contribution < -0.4 is 4.74 Å². The number of carbonyl (C=O) groups is 2. The van der Waals surface area contributed by atoms with E-state index in [1.54, 1.807) is 0 Å². The van der Waals surface area contributed by atoms with Gasteiger partial charge in [0.15, 0.2) is 5.58 Å². The highest BCUT2D eigenvalue weighted by Crippen LogP contribution is 2.37. The number of rotatable bonds is 5. The summed E-state index contributed by atoms with van der Waals surface area (Å²) in [5.74, 6) is 0.430. The third-order valence-electron chi connectivity index (χ3n) is 6.13. The fourth-order valence-electron chi connectivity index (χ4n) is 4.56. The molecule has 5 rings (SSSR count). The van der Waals surface area contributed by atoms with Crippen LogP contribution in [0.4, 0.5) is 0 Å². The molecule has 0 amide bonds. The molecule has 1 saturated heterocycles. The van der Waals surface area contributed by atoms with Gasteiger partial charge in [-0.15, -0.1) is 0 Å². The first-order valence-corrected chi connectivity index (χ1v) is 10.4. The summed E-state index contributed by atoms with van der Waals surface area (Å²) in [4.78, 5) is 26.5.